The highest BCUT2D eigenvalue weighted by molar-refractivity contribution is 5.73. The molecule has 4 heteroatoms. The van der Waals surface area contributed by atoms with Crippen LogP contribution < -0.4 is 4.90 Å². The van der Waals surface area contributed by atoms with Crippen LogP contribution in [0.3, 0.4) is 0 Å². The SMILES string of the molecule is Cc1ccc(CCc2nc3nc(N(C)C)ccc3[nH]2)cc1. The number of imidazole rings is 1. The van der Waals surface area contributed by atoms with Crippen LogP contribution in [0.2, 0.25) is 0 Å². The second kappa shape index (κ2) is 5.56. The molecule has 1 aromatic carbocycles. The number of nitrogens with one attached hydrogen (secondary N) is 1. The first kappa shape index (κ1) is 13.6. The number of benzene rings is 1. The zero-order valence-electron chi connectivity index (χ0n) is 12.7. The van der Waals surface area contributed by atoms with Crippen molar-refractivity contribution in [2.24, 2.45) is 0 Å². The molecule has 0 spiro atoms. The van der Waals surface area contributed by atoms with Gasteiger partial charge in [-0.05, 0) is 31.0 Å². The number of hydrogen-bond acceptors (Lipinski definition) is 3. The third-order valence-electron chi connectivity index (χ3n) is 3.61. The number of pyridine rings is 1. The van der Waals surface area contributed by atoms with E-state index in [1.165, 1.54) is 11.1 Å². The van der Waals surface area contributed by atoms with Crippen LogP contribution in [-0.4, -0.2) is 29.0 Å². The lowest BCUT2D eigenvalue weighted by Crippen LogP contribution is -2.10. The average Bonchev–Trinajstić information content (AvgIpc) is 2.88. The fraction of sp³-hybridized carbons (Fsp3) is 0.294. The van der Waals surface area contributed by atoms with Gasteiger partial charge in [-0.3, -0.25) is 0 Å². The van der Waals surface area contributed by atoms with Crippen LogP contribution in [0, 0.1) is 6.92 Å². The summed E-state index contributed by atoms with van der Waals surface area (Å²) in [6.45, 7) is 2.11. The van der Waals surface area contributed by atoms with Crippen molar-refractivity contribution in [3.05, 3.63) is 53.3 Å². The summed E-state index contributed by atoms with van der Waals surface area (Å²) in [4.78, 5) is 14.5. The van der Waals surface area contributed by atoms with E-state index in [0.717, 1.165) is 35.6 Å². The molecule has 0 aliphatic carbocycles. The molecule has 0 bridgehead atoms. The summed E-state index contributed by atoms with van der Waals surface area (Å²) in [7, 11) is 3.97. The third-order valence-corrected chi connectivity index (χ3v) is 3.61. The summed E-state index contributed by atoms with van der Waals surface area (Å²) in [6, 6.07) is 12.7. The highest BCUT2D eigenvalue weighted by atomic mass is 15.1. The molecule has 0 radical (unpaired) electrons. The molecule has 0 atom stereocenters. The Kier molecular flexibility index (Phi) is 3.60. The molecule has 0 aliphatic rings. The lowest BCUT2D eigenvalue weighted by molar-refractivity contribution is 0.888. The van der Waals surface area contributed by atoms with Crippen LogP contribution in [0.4, 0.5) is 5.82 Å². The number of aromatic amines is 1. The minimum absolute atomic E-state index is 0.792. The normalized spacial score (nSPS) is 11.0. The van der Waals surface area contributed by atoms with Crippen molar-refractivity contribution in [1.82, 2.24) is 15.0 Å². The summed E-state index contributed by atoms with van der Waals surface area (Å²) in [6.07, 6.45) is 1.89. The molecule has 3 aromatic rings. The van der Waals surface area contributed by atoms with E-state index in [2.05, 4.69) is 46.1 Å². The molecule has 108 valence electrons. The Morgan fingerprint density at radius 3 is 2.43 bits per heavy atom. The first-order valence-electron chi connectivity index (χ1n) is 7.20. The number of fused-ring (bicyclic) bond motifs is 1. The number of nitrogens with zero attached hydrogens (tertiary/aromatic N) is 3. The molecule has 2 heterocycles. The van der Waals surface area contributed by atoms with Crippen LogP contribution >= 0.6 is 0 Å². The smallest absolute Gasteiger partial charge is 0.179 e. The van der Waals surface area contributed by atoms with Gasteiger partial charge in [-0.2, -0.15) is 0 Å². The van der Waals surface area contributed by atoms with Crippen molar-refractivity contribution in [3.63, 3.8) is 0 Å². The lowest BCUT2D eigenvalue weighted by atomic mass is 10.1. The zero-order chi connectivity index (χ0) is 14.8. The van der Waals surface area contributed by atoms with E-state index in [0.29, 0.717) is 0 Å². The second-order valence-electron chi connectivity index (χ2n) is 5.60. The lowest BCUT2D eigenvalue weighted by Gasteiger charge is -2.09. The third kappa shape index (κ3) is 3.05. The molecule has 0 amide bonds. The van der Waals surface area contributed by atoms with Crippen LogP contribution in [0.1, 0.15) is 17.0 Å². The van der Waals surface area contributed by atoms with Gasteiger partial charge in [-0.15, -0.1) is 0 Å². The first-order chi connectivity index (χ1) is 10.1. The Balaban J connectivity index is 1.76. The summed E-state index contributed by atoms with van der Waals surface area (Å²) < 4.78 is 0. The van der Waals surface area contributed by atoms with E-state index < -0.39 is 0 Å². The van der Waals surface area contributed by atoms with E-state index in [9.17, 15) is 0 Å². The van der Waals surface area contributed by atoms with Gasteiger partial charge < -0.3 is 9.88 Å². The molecule has 0 fully saturated rings. The minimum atomic E-state index is 0.792. The maximum Gasteiger partial charge on any atom is 0.179 e. The molecule has 0 saturated heterocycles. The van der Waals surface area contributed by atoms with E-state index in [-0.39, 0.29) is 0 Å². The van der Waals surface area contributed by atoms with Crippen LogP contribution in [-0.2, 0) is 12.8 Å². The zero-order valence-corrected chi connectivity index (χ0v) is 12.7. The van der Waals surface area contributed by atoms with Gasteiger partial charge >= 0.3 is 0 Å². The largest absolute Gasteiger partial charge is 0.363 e. The molecule has 4 nitrogen and oxygen atoms in total. The minimum Gasteiger partial charge on any atom is -0.363 e. The van der Waals surface area contributed by atoms with Crippen LogP contribution in [0.5, 0.6) is 0 Å². The number of H-pyrrole nitrogens is 1. The molecule has 3 rings (SSSR count). The molecular weight excluding hydrogens is 260 g/mol. The maximum absolute atomic E-state index is 4.60. The monoisotopic (exact) mass is 280 g/mol. The van der Waals surface area contributed by atoms with Gasteiger partial charge in [0.1, 0.15) is 11.6 Å². The Labute approximate surface area is 124 Å². The van der Waals surface area contributed by atoms with Crippen LogP contribution in [0.15, 0.2) is 36.4 Å². The van der Waals surface area contributed by atoms with Crippen molar-refractivity contribution < 1.29 is 0 Å². The van der Waals surface area contributed by atoms with E-state index >= 15 is 0 Å². The van der Waals surface area contributed by atoms with Crippen molar-refractivity contribution >= 4 is 17.0 Å². The van der Waals surface area contributed by atoms with Crippen molar-refractivity contribution in [1.29, 1.82) is 0 Å². The van der Waals surface area contributed by atoms with Gasteiger partial charge in [0.25, 0.3) is 0 Å². The highest BCUT2D eigenvalue weighted by Crippen LogP contribution is 2.15. The van der Waals surface area contributed by atoms with E-state index in [4.69, 9.17) is 0 Å². The second-order valence-corrected chi connectivity index (χ2v) is 5.60. The van der Waals surface area contributed by atoms with Crippen LogP contribution in [0.25, 0.3) is 11.2 Å². The summed E-state index contributed by atoms with van der Waals surface area (Å²) in [5.74, 6) is 1.92. The van der Waals surface area contributed by atoms with E-state index in [1.54, 1.807) is 0 Å². The van der Waals surface area contributed by atoms with Crippen molar-refractivity contribution in [2.75, 3.05) is 19.0 Å². The predicted molar refractivity (Wildman–Crippen MR) is 86.8 cm³/mol. The number of rotatable bonds is 4. The van der Waals surface area contributed by atoms with Gasteiger partial charge in [0.05, 0.1) is 5.52 Å². The average molecular weight is 280 g/mol. The number of aromatic nitrogens is 3. The number of hydrogen-bond donors (Lipinski definition) is 1. The topological polar surface area (TPSA) is 44.8 Å². The van der Waals surface area contributed by atoms with Gasteiger partial charge in [-0.1, -0.05) is 29.8 Å². The molecule has 0 aliphatic heterocycles. The summed E-state index contributed by atoms with van der Waals surface area (Å²) in [5, 5.41) is 0. The Hall–Kier alpha value is -2.36. The Bertz CT molecular complexity index is 741. The molecule has 0 saturated carbocycles. The highest BCUT2D eigenvalue weighted by Gasteiger charge is 2.06. The van der Waals surface area contributed by atoms with E-state index in [1.807, 2.05) is 31.1 Å². The summed E-state index contributed by atoms with van der Waals surface area (Å²) in [5.41, 5.74) is 4.42. The Morgan fingerprint density at radius 1 is 0.952 bits per heavy atom. The number of aryl methyl sites for hydroxylation is 3. The molecule has 2 aromatic heterocycles. The fourth-order valence-corrected chi connectivity index (χ4v) is 2.32. The molecular formula is C17H20N4. The first-order valence-corrected chi connectivity index (χ1v) is 7.20. The maximum atomic E-state index is 4.60. The Morgan fingerprint density at radius 2 is 1.71 bits per heavy atom. The van der Waals surface area contributed by atoms with Gasteiger partial charge in [0.2, 0.25) is 0 Å². The van der Waals surface area contributed by atoms with Gasteiger partial charge in [-0.25, -0.2) is 9.97 Å². The standard InChI is InChI=1S/C17H20N4/c1-12-4-6-13(7-5-12)8-10-15-18-14-9-11-16(21(2)3)20-17(14)19-15/h4-7,9,11H,8,10H2,1-3H3,(H,18,19,20). The quantitative estimate of drug-likeness (QED) is 0.798. The summed E-state index contributed by atoms with van der Waals surface area (Å²) >= 11 is 0. The number of anilines is 1. The molecule has 21 heavy (non-hydrogen) atoms. The fourth-order valence-electron chi connectivity index (χ4n) is 2.32. The molecule has 0 unspecified atom stereocenters. The predicted octanol–water partition coefficient (Wildman–Crippen LogP) is 3.12. The van der Waals surface area contributed by atoms with Crippen molar-refractivity contribution in [3.8, 4) is 0 Å². The van der Waals surface area contributed by atoms with Gasteiger partial charge in [0, 0.05) is 20.5 Å². The van der Waals surface area contributed by atoms with Gasteiger partial charge in [0.15, 0.2) is 5.65 Å². The molecule has 1 N–H and O–H groups in total. The van der Waals surface area contributed by atoms with Crippen molar-refractivity contribution in [2.45, 2.75) is 19.8 Å².